The van der Waals surface area contributed by atoms with E-state index in [1.54, 1.807) is 0 Å². The summed E-state index contributed by atoms with van der Waals surface area (Å²) >= 11 is 0. The van der Waals surface area contributed by atoms with Gasteiger partial charge in [0.25, 0.3) is 0 Å². The summed E-state index contributed by atoms with van der Waals surface area (Å²) in [5, 5.41) is 10.5. The molecule has 0 aromatic carbocycles. The van der Waals surface area contributed by atoms with Crippen LogP contribution in [-0.2, 0) is 0 Å². The summed E-state index contributed by atoms with van der Waals surface area (Å²) in [4.78, 5) is 0. The van der Waals surface area contributed by atoms with Gasteiger partial charge in [-0.1, -0.05) is 51.4 Å². The van der Waals surface area contributed by atoms with Crippen LogP contribution in [-0.4, -0.2) is 11.2 Å². The monoisotopic (exact) mass is 250 g/mol. The highest BCUT2D eigenvalue weighted by Crippen LogP contribution is 2.44. The summed E-state index contributed by atoms with van der Waals surface area (Å²) in [5.41, 5.74) is 0. The van der Waals surface area contributed by atoms with Crippen LogP contribution in [0.25, 0.3) is 0 Å². The number of aliphatic hydroxyl groups excluding tert-OH is 1. The molecule has 0 heterocycles. The van der Waals surface area contributed by atoms with Gasteiger partial charge in [-0.3, -0.25) is 0 Å². The van der Waals surface area contributed by atoms with Gasteiger partial charge < -0.3 is 5.11 Å². The number of aliphatic hydroxyl groups is 1. The third-order valence-electron chi connectivity index (χ3n) is 6.17. The van der Waals surface area contributed by atoms with Crippen molar-refractivity contribution in [2.24, 2.45) is 23.7 Å². The highest BCUT2D eigenvalue weighted by atomic mass is 16.3. The van der Waals surface area contributed by atoms with Crippen LogP contribution in [0.3, 0.4) is 0 Å². The zero-order chi connectivity index (χ0) is 12.4. The van der Waals surface area contributed by atoms with E-state index in [9.17, 15) is 5.11 Å². The van der Waals surface area contributed by atoms with Crippen LogP contribution in [0.4, 0.5) is 0 Å². The smallest absolute Gasteiger partial charge is 0.0571 e. The Kier molecular flexibility index (Phi) is 4.28. The van der Waals surface area contributed by atoms with Crippen molar-refractivity contribution in [3.05, 3.63) is 0 Å². The van der Waals surface area contributed by atoms with Crippen molar-refractivity contribution in [2.45, 2.75) is 83.2 Å². The van der Waals surface area contributed by atoms with E-state index >= 15 is 0 Å². The minimum atomic E-state index is 0.0241. The lowest BCUT2D eigenvalue weighted by molar-refractivity contribution is 0.0224. The number of hydrogen-bond acceptors (Lipinski definition) is 1. The van der Waals surface area contributed by atoms with Gasteiger partial charge in [0.15, 0.2) is 0 Å². The lowest BCUT2D eigenvalue weighted by Gasteiger charge is -2.41. The maximum Gasteiger partial charge on any atom is 0.0571 e. The largest absolute Gasteiger partial charge is 0.393 e. The molecule has 0 bridgehead atoms. The molecule has 3 fully saturated rings. The van der Waals surface area contributed by atoms with Crippen molar-refractivity contribution in [3.8, 4) is 0 Å². The van der Waals surface area contributed by atoms with Gasteiger partial charge in [0.05, 0.1) is 6.10 Å². The Morgan fingerprint density at radius 1 is 0.778 bits per heavy atom. The van der Waals surface area contributed by atoms with Crippen molar-refractivity contribution >= 4 is 0 Å². The van der Waals surface area contributed by atoms with Gasteiger partial charge in [0.1, 0.15) is 0 Å². The Balaban J connectivity index is 1.49. The van der Waals surface area contributed by atoms with E-state index in [1.807, 2.05) is 0 Å². The predicted octanol–water partition coefficient (Wildman–Crippen LogP) is 4.53. The van der Waals surface area contributed by atoms with Crippen molar-refractivity contribution in [1.82, 2.24) is 0 Å². The molecule has 1 nitrogen and oxygen atoms in total. The van der Waals surface area contributed by atoms with Gasteiger partial charge >= 0.3 is 0 Å². The van der Waals surface area contributed by atoms with Crippen LogP contribution >= 0.6 is 0 Å². The summed E-state index contributed by atoms with van der Waals surface area (Å²) < 4.78 is 0. The standard InChI is InChI=1S/C17H30O/c18-17(11-13-5-1-2-6-13)16-10-9-14-7-3-4-8-15(14)12-16/h13-18H,1-12H2. The summed E-state index contributed by atoms with van der Waals surface area (Å²) in [6.07, 6.45) is 16.7. The van der Waals surface area contributed by atoms with Gasteiger partial charge in [-0.2, -0.15) is 0 Å². The maximum absolute atomic E-state index is 10.5. The lowest BCUT2D eigenvalue weighted by atomic mass is 9.66. The van der Waals surface area contributed by atoms with Gasteiger partial charge in [-0.15, -0.1) is 0 Å². The molecule has 0 spiro atoms. The fraction of sp³-hybridized carbons (Fsp3) is 1.00. The molecule has 18 heavy (non-hydrogen) atoms. The molecule has 1 heteroatoms. The first kappa shape index (κ1) is 13.0. The van der Waals surface area contributed by atoms with Crippen molar-refractivity contribution in [1.29, 1.82) is 0 Å². The topological polar surface area (TPSA) is 20.2 Å². The Bertz CT molecular complexity index is 256. The maximum atomic E-state index is 10.5. The molecule has 3 rings (SSSR count). The zero-order valence-corrected chi connectivity index (χ0v) is 11.8. The van der Waals surface area contributed by atoms with Crippen LogP contribution in [0.1, 0.15) is 77.0 Å². The zero-order valence-electron chi connectivity index (χ0n) is 11.8. The Hall–Kier alpha value is -0.0400. The molecule has 0 radical (unpaired) electrons. The molecule has 104 valence electrons. The van der Waals surface area contributed by atoms with Gasteiger partial charge in [-0.05, 0) is 49.4 Å². The van der Waals surface area contributed by atoms with Crippen LogP contribution in [0.5, 0.6) is 0 Å². The summed E-state index contributed by atoms with van der Waals surface area (Å²) in [7, 11) is 0. The third kappa shape index (κ3) is 2.92. The molecular weight excluding hydrogens is 220 g/mol. The first-order valence-electron chi connectivity index (χ1n) is 8.51. The molecule has 0 aliphatic heterocycles. The fourth-order valence-electron chi connectivity index (χ4n) is 5.04. The predicted molar refractivity (Wildman–Crippen MR) is 75.4 cm³/mol. The summed E-state index contributed by atoms with van der Waals surface area (Å²) in [6.45, 7) is 0. The van der Waals surface area contributed by atoms with E-state index in [2.05, 4.69) is 0 Å². The number of rotatable bonds is 3. The van der Waals surface area contributed by atoms with Crippen LogP contribution in [0, 0.1) is 23.7 Å². The van der Waals surface area contributed by atoms with Gasteiger partial charge in [0, 0.05) is 0 Å². The Labute approximate surface area is 112 Å². The molecule has 0 saturated heterocycles. The average molecular weight is 250 g/mol. The van der Waals surface area contributed by atoms with E-state index in [-0.39, 0.29) is 6.10 Å². The minimum Gasteiger partial charge on any atom is -0.393 e. The molecule has 0 aromatic rings. The molecule has 0 amide bonds. The molecule has 3 saturated carbocycles. The minimum absolute atomic E-state index is 0.0241. The van der Waals surface area contributed by atoms with Gasteiger partial charge in [-0.25, -0.2) is 0 Å². The lowest BCUT2D eigenvalue weighted by Crippen LogP contribution is -2.34. The average Bonchev–Trinajstić information content (AvgIpc) is 2.91. The summed E-state index contributed by atoms with van der Waals surface area (Å²) in [5.74, 6) is 3.48. The molecule has 4 unspecified atom stereocenters. The fourth-order valence-corrected chi connectivity index (χ4v) is 5.04. The van der Waals surface area contributed by atoms with E-state index in [1.165, 1.54) is 70.6 Å². The van der Waals surface area contributed by atoms with E-state index in [4.69, 9.17) is 0 Å². The second-order valence-corrected chi connectivity index (χ2v) is 7.33. The van der Waals surface area contributed by atoms with Crippen molar-refractivity contribution < 1.29 is 5.11 Å². The quantitative estimate of drug-likeness (QED) is 0.780. The first-order valence-corrected chi connectivity index (χ1v) is 8.51. The highest BCUT2D eigenvalue weighted by molar-refractivity contribution is 4.86. The molecule has 0 aromatic heterocycles. The normalized spacial score (nSPS) is 39.5. The molecule has 3 aliphatic rings. The first-order chi connectivity index (χ1) is 8.83. The van der Waals surface area contributed by atoms with Crippen molar-refractivity contribution in [2.75, 3.05) is 0 Å². The third-order valence-corrected chi connectivity index (χ3v) is 6.17. The van der Waals surface area contributed by atoms with E-state index in [0.29, 0.717) is 5.92 Å². The number of hydrogen-bond donors (Lipinski definition) is 1. The second kappa shape index (κ2) is 5.94. The highest BCUT2D eigenvalue weighted by Gasteiger charge is 2.35. The Morgan fingerprint density at radius 3 is 2.22 bits per heavy atom. The van der Waals surface area contributed by atoms with Crippen LogP contribution in [0.15, 0.2) is 0 Å². The molecule has 4 atom stereocenters. The van der Waals surface area contributed by atoms with E-state index in [0.717, 1.165) is 24.2 Å². The second-order valence-electron chi connectivity index (χ2n) is 7.33. The Morgan fingerprint density at radius 2 is 1.44 bits per heavy atom. The van der Waals surface area contributed by atoms with Crippen LogP contribution in [0.2, 0.25) is 0 Å². The molecular formula is C17H30O. The summed E-state index contributed by atoms with van der Waals surface area (Å²) in [6, 6.07) is 0. The molecule has 1 N–H and O–H groups in total. The van der Waals surface area contributed by atoms with Crippen molar-refractivity contribution in [3.63, 3.8) is 0 Å². The van der Waals surface area contributed by atoms with Gasteiger partial charge in [0.2, 0.25) is 0 Å². The van der Waals surface area contributed by atoms with E-state index < -0.39 is 0 Å². The molecule has 3 aliphatic carbocycles. The number of fused-ring (bicyclic) bond motifs is 1. The van der Waals surface area contributed by atoms with Crippen LogP contribution < -0.4 is 0 Å². The SMILES string of the molecule is OC(CC1CCCC1)C1CCC2CCCCC2C1.